The fraction of sp³-hybridized carbons (Fsp3) is 0.667. The molecule has 0 amide bonds. The third-order valence-electron chi connectivity index (χ3n) is 4.28. The Morgan fingerprint density at radius 3 is 2.00 bits per heavy atom. The van der Waals surface area contributed by atoms with Crippen molar-refractivity contribution < 1.29 is 23.7 Å². The fourth-order valence-corrected chi connectivity index (χ4v) is 2.25. The smallest absolute Gasteiger partial charge is 0.216 e. The van der Waals surface area contributed by atoms with Gasteiger partial charge in [0.25, 0.3) is 0 Å². The van der Waals surface area contributed by atoms with Crippen molar-refractivity contribution in [2.24, 2.45) is 0 Å². The molecule has 1 heterocycles. The zero-order valence-electron chi connectivity index (χ0n) is 12.9. The van der Waals surface area contributed by atoms with E-state index in [1.54, 1.807) is 6.08 Å². The van der Waals surface area contributed by atoms with Crippen LogP contribution in [0.25, 0.3) is 0 Å². The second-order valence-electron chi connectivity index (χ2n) is 6.00. The van der Waals surface area contributed by atoms with Gasteiger partial charge in [0.2, 0.25) is 5.79 Å². The molecule has 5 heteroatoms. The van der Waals surface area contributed by atoms with Gasteiger partial charge >= 0.3 is 0 Å². The van der Waals surface area contributed by atoms with Gasteiger partial charge in [-0.2, -0.15) is 0 Å². The summed E-state index contributed by atoms with van der Waals surface area (Å²) in [6, 6.07) is 0. The van der Waals surface area contributed by atoms with Crippen molar-refractivity contribution in [3.05, 3.63) is 23.8 Å². The maximum Gasteiger partial charge on any atom is 0.216 e. The van der Waals surface area contributed by atoms with E-state index < -0.39 is 23.3 Å². The van der Waals surface area contributed by atoms with Crippen molar-refractivity contribution in [2.45, 2.75) is 51.0 Å². The van der Waals surface area contributed by atoms with Crippen LogP contribution in [0.3, 0.4) is 0 Å². The van der Waals surface area contributed by atoms with Crippen LogP contribution in [-0.4, -0.2) is 43.3 Å². The number of allylic oxidation sites excluding steroid dienone is 2. The zero-order valence-corrected chi connectivity index (χ0v) is 12.9. The largest absolute Gasteiger partial charge is 0.346 e. The predicted octanol–water partition coefficient (Wildman–Crippen LogP) is 1.97. The number of carbonyl (C=O) groups excluding carboxylic acids is 1. The molecule has 1 aliphatic carbocycles. The second-order valence-corrected chi connectivity index (χ2v) is 6.00. The molecule has 1 saturated heterocycles. The van der Waals surface area contributed by atoms with E-state index in [0.29, 0.717) is 5.57 Å². The molecular weight excluding hydrogens is 260 g/mol. The van der Waals surface area contributed by atoms with Crippen LogP contribution in [0.2, 0.25) is 0 Å². The van der Waals surface area contributed by atoms with E-state index >= 15 is 0 Å². The van der Waals surface area contributed by atoms with Crippen molar-refractivity contribution in [1.29, 1.82) is 0 Å². The molecule has 20 heavy (non-hydrogen) atoms. The second kappa shape index (κ2) is 4.77. The lowest BCUT2D eigenvalue weighted by Gasteiger charge is -2.34. The molecule has 0 unspecified atom stereocenters. The molecule has 0 spiro atoms. The lowest BCUT2D eigenvalue weighted by Crippen LogP contribution is -2.42. The van der Waals surface area contributed by atoms with Crippen LogP contribution in [-0.2, 0) is 23.7 Å². The minimum absolute atomic E-state index is 0.139. The molecule has 0 bridgehead atoms. The van der Waals surface area contributed by atoms with Crippen LogP contribution in [0.1, 0.15) is 27.7 Å². The van der Waals surface area contributed by atoms with Gasteiger partial charge in [-0.15, -0.1) is 0 Å². The molecule has 2 aliphatic rings. The van der Waals surface area contributed by atoms with E-state index in [1.165, 1.54) is 26.4 Å². The quantitative estimate of drug-likeness (QED) is 0.741. The summed E-state index contributed by atoms with van der Waals surface area (Å²) in [5.74, 6) is -1.27. The summed E-state index contributed by atoms with van der Waals surface area (Å²) in [6.45, 7) is 7.81. The third kappa shape index (κ3) is 2.24. The summed E-state index contributed by atoms with van der Waals surface area (Å²) in [5, 5.41) is 0. The molecule has 1 fully saturated rings. The van der Waals surface area contributed by atoms with E-state index in [0.717, 1.165) is 0 Å². The number of hydrogen-bond donors (Lipinski definition) is 0. The van der Waals surface area contributed by atoms with Crippen molar-refractivity contribution in [3.8, 4) is 0 Å². The molecule has 2 rings (SSSR count). The number of ether oxygens (including phenoxy) is 4. The van der Waals surface area contributed by atoms with E-state index in [4.69, 9.17) is 18.9 Å². The first kappa shape index (κ1) is 15.4. The summed E-state index contributed by atoms with van der Waals surface area (Å²) in [4.78, 5) is 11.7. The molecule has 112 valence electrons. The third-order valence-corrected chi connectivity index (χ3v) is 4.28. The van der Waals surface area contributed by atoms with Gasteiger partial charge in [-0.3, -0.25) is 4.79 Å². The van der Waals surface area contributed by atoms with Crippen molar-refractivity contribution in [1.82, 2.24) is 0 Å². The fourth-order valence-electron chi connectivity index (χ4n) is 2.25. The monoisotopic (exact) mass is 282 g/mol. The van der Waals surface area contributed by atoms with Crippen LogP contribution in [0.4, 0.5) is 0 Å². The Bertz CT molecular complexity index is 453. The van der Waals surface area contributed by atoms with Crippen molar-refractivity contribution in [2.75, 3.05) is 14.2 Å². The van der Waals surface area contributed by atoms with Gasteiger partial charge in [-0.25, -0.2) is 0 Å². The normalized spacial score (nSPS) is 27.7. The molecular formula is C15H22O5. The molecule has 1 aliphatic heterocycles. The molecule has 0 aromatic heterocycles. The Morgan fingerprint density at radius 2 is 1.55 bits per heavy atom. The molecule has 0 aromatic carbocycles. The topological polar surface area (TPSA) is 54.0 Å². The Kier molecular flexibility index (Phi) is 3.67. The number of methoxy groups -OCH3 is 2. The molecule has 5 nitrogen and oxygen atoms in total. The van der Waals surface area contributed by atoms with Crippen LogP contribution in [0.15, 0.2) is 23.8 Å². The minimum atomic E-state index is -1.13. The van der Waals surface area contributed by atoms with Crippen molar-refractivity contribution in [3.63, 3.8) is 0 Å². The van der Waals surface area contributed by atoms with Crippen LogP contribution < -0.4 is 0 Å². The van der Waals surface area contributed by atoms with Gasteiger partial charge in [-0.05, 0) is 45.9 Å². The lowest BCUT2D eigenvalue weighted by molar-refractivity contribution is -0.174. The van der Waals surface area contributed by atoms with E-state index in [9.17, 15) is 4.79 Å². The van der Waals surface area contributed by atoms with Crippen LogP contribution in [0.5, 0.6) is 0 Å². The summed E-state index contributed by atoms with van der Waals surface area (Å²) in [5.41, 5.74) is -0.458. The SMILES string of the molecule is COC1(OC)C=CC(=O)C=C1C1OC(C)(C)C(C)(C)O1. The molecule has 0 aromatic rings. The minimum Gasteiger partial charge on any atom is -0.346 e. The zero-order chi connectivity index (χ0) is 15.2. The molecule has 0 radical (unpaired) electrons. The van der Waals surface area contributed by atoms with E-state index in [-0.39, 0.29) is 5.78 Å². The summed E-state index contributed by atoms with van der Waals surface area (Å²) in [6.07, 6.45) is 3.76. The number of rotatable bonds is 3. The number of ketones is 1. The van der Waals surface area contributed by atoms with Crippen LogP contribution >= 0.6 is 0 Å². The summed E-state index contributed by atoms with van der Waals surface area (Å²) in [7, 11) is 3.03. The van der Waals surface area contributed by atoms with Gasteiger partial charge in [0.15, 0.2) is 12.1 Å². The maximum atomic E-state index is 11.7. The molecule has 0 saturated carbocycles. The van der Waals surface area contributed by atoms with Gasteiger partial charge in [0.1, 0.15) is 0 Å². The first-order chi connectivity index (χ1) is 9.17. The Balaban J connectivity index is 2.38. The molecule has 0 atom stereocenters. The Hall–Kier alpha value is -1.01. The predicted molar refractivity (Wildman–Crippen MR) is 73.1 cm³/mol. The standard InChI is InChI=1S/C15H22O5/c1-13(2)14(3,4)20-12(19-13)11-9-10(16)7-8-15(11,17-5)18-6/h7-9,12H,1-6H3. The van der Waals surface area contributed by atoms with Gasteiger partial charge in [-0.1, -0.05) is 0 Å². The van der Waals surface area contributed by atoms with E-state index in [1.807, 2.05) is 27.7 Å². The van der Waals surface area contributed by atoms with E-state index in [2.05, 4.69) is 0 Å². The molecule has 0 N–H and O–H groups in total. The highest BCUT2D eigenvalue weighted by atomic mass is 16.8. The number of carbonyl (C=O) groups is 1. The Morgan fingerprint density at radius 1 is 1.05 bits per heavy atom. The maximum absolute atomic E-state index is 11.7. The highest BCUT2D eigenvalue weighted by molar-refractivity contribution is 6.01. The summed E-state index contributed by atoms with van der Waals surface area (Å²) >= 11 is 0. The highest BCUT2D eigenvalue weighted by Gasteiger charge is 2.53. The average Bonchev–Trinajstić information content (AvgIpc) is 2.59. The Labute approximate surface area is 119 Å². The van der Waals surface area contributed by atoms with Gasteiger partial charge < -0.3 is 18.9 Å². The summed E-state index contributed by atoms with van der Waals surface area (Å²) < 4.78 is 22.8. The number of hydrogen-bond acceptors (Lipinski definition) is 5. The lowest BCUT2D eigenvalue weighted by atomic mass is 9.90. The average molecular weight is 282 g/mol. The first-order valence-electron chi connectivity index (χ1n) is 6.59. The van der Waals surface area contributed by atoms with Gasteiger partial charge in [0.05, 0.1) is 16.8 Å². The van der Waals surface area contributed by atoms with Crippen LogP contribution in [0, 0.1) is 0 Å². The highest BCUT2D eigenvalue weighted by Crippen LogP contribution is 2.44. The van der Waals surface area contributed by atoms with Gasteiger partial charge in [0, 0.05) is 14.2 Å². The first-order valence-corrected chi connectivity index (χ1v) is 6.59. The van der Waals surface area contributed by atoms with Crippen molar-refractivity contribution >= 4 is 5.78 Å².